The van der Waals surface area contributed by atoms with Crippen LogP contribution in [0.1, 0.15) is 11.4 Å². The topological polar surface area (TPSA) is 94.3 Å². The van der Waals surface area contributed by atoms with Crippen LogP contribution < -0.4 is 9.64 Å². The molecule has 0 fully saturated rings. The van der Waals surface area contributed by atoms with Gasteiger partial charge in [0.2, 0.25) is 11.7 Å². The molecular formula is C13H15N5O3. The number of rotatable bonds is 4. The normalized spacial score (nSPS) is 10.3. The Kier molecular flexibility index (Phi) is 3.97. The van der Waals surface area contributed by atoms with E-state index in [9.17, 15) is 10.1 Å². The lowest BCUT2D eigenvalue weighted by atomic mass is 10.2. The van der Waals surface area contributed by atoms with Crippen LogP contribution >= 0.6 is 0 Å². The number of ether oxygens (including phenoxy) is 1. The van der Waals surface area contributed by atoms with Gasteiger partial charge < -0.3 is 9.64 Å². The van der Waals surface area contributed by atoms with Crippen LogP contribution in [-0.2, 0) is 0 Å². The van der Waals surface area contributed by atoms with Crippen molar-refractivity contribution in [1.29, 1.82) is 0 Å². The first-order valence-corrected chi connectivity index (χ1v) is 6.19. The van der Waals surface area contributed by atoms with Crippen molar-refractivity contribution in [2.45, 2.75) is 13.8 Å². The van der Waals surface area contributed by atoms with Crippen molar-refractivity contribution in [1.82, 2.24) is 15.0 Å². The minimum absolute atomic E-state index is 0.0277. The van der Waals surface area contributed by atoms with Gasteiger partial charge in [-0.05, 0) is 25.5 Å². The predicted molar refractivity (Wildman–Crippen MR) is 76.8 cm³/mol. The number of aromatic nitrogens is 3. The van der Waals surface area contributed by atoms with Crippen molar-refractivity contribution in [2.24, 2.45) is 0 Å². The van der Waals surface area contributed by atoms with Crippen LogP contribution in [0.4, 0.5) is 11.6 Å². The number of aryl methyl sites for hydroxylation is 2. The molecule has 1 aromatic carbocycles. The SMILES string of the molecule is Cc1ccc([N+](=O)[O-])c(Oc2nc(C)nc(N(C)C)n2)c1. The van der Waals surface area contributed by atoms with Crippen molar-refractivity contribution in [3.05, 3.63) is 39.7 Å². The van der Waals surface area contributed by atoms with Crippen LogP contribution in [0.15, 0.2) is 18.2 Å². The molecule has 0 amide bonds. The Bertz CT molecular complexity index is 688. The smallest absolute Gasteiger partial charge is 0.327 e. The van der Waals surface area contributed by atoms with Gasteiger partial charge in [0.1, 0.15) is 5.82 Å². The molecule has 0 radical (unpaired) electrons. The third kappa shape index (κ3) is 3.41. The molecule has 0 spiro atoms. The Labute approximate surface area is 121 Å². The zero-order valence-electron chi connectivity index (χ0n) is 12.2. The van der Waals surface area contributed by atoms with Crippen LogP contribution in [0.2, 0.25) is 0 Å². The van der Waals surface area contributed by atoms with Gasteiger partial charge >= 0.3 is 11.7 Å². The van der Waals surface area contributed by atoms with Crippen molar-refractivity contribution in [3.63, 3.8) is 0 Å². The number of benzene rings is 1. The van der Waals surface area contributed by atoms with Gasteiger partial charge in [-0.25, -0.2) is 0 Å². The molecule has 8 nitrogen and oxygen atoms in total. The highest BCUT2D eigenvalue weighted by molar-refractivity contribution is 5.49. The molecule has 110 valence electrons. The van der Waals surface area contributed by atoms with Crippen LogP contribution in [0.5, 0.6) is 11.8 Å². The molecule has 0 unspecified atom stereocenters. The molecule has 21 heavy (non-hydrogen) atoms. The fourth-order valence-corrected chi connectivity index (χ4v) is 1.64. The van der Waals surface area contributed by atoms with Gasteiger partial charge in [0.25, 0.3) is 0 Å². The van der Waals surface area contributed by atoms with Crippen LogP contribution in [0.25, 0.3) is 0 Å². The van der Waals surface area contributed by atoms with E-state index < -0.39 is 4.92 Å². The summed E-state index contributed by atoms with van der Waals surface area (Å²) in [6, 6.07) is 4.65. The minimum Gasteiger partial charge on any atom is -0.417 e. The Morgan fingerprint density at radius 2 is 1.90 bits per heavy atom. The van der Waals surface area contributed by atoms with Crippen LogP contribution in [-0.4, -0.2) is 34.0 Å². The standard InChI is InChI=1S/C13H15N5O3/c1-8-5-6-10(18(19)20)11(7-8)21-13-15-9(2)14-12(16-13)17(3)4/h5-7H,1-4H3. The average Bonchev–Trinajstić information content (AvgIpc) is 2.37. The summed E-state index contributed by atoms with van der Waals surface area (Å²) in [7, 11) is 3.57. The van der Waals surface area contributed by atoms with Gasteiger partial charge in [0.15, 0.2) is 0 Å². The maximum absolute atomic E-state index is 11.0. The van der Waals surface area contributed by atoms with Gasteiger partial charge in [-0.1, -0.05) is 6.07 Å². The second-order valence-corrected chi connectivity index (χ2v) is 4.69. The lowest BCUT2D eigenvalue weighted by Gasteiger charge is -2.12. The summed E-state index contributed by atoms with van der Waals surface area (Å²) < 4.78 is 5.49. The zero-order chi connectivity index (χ0) is 15.6. The molecule has 2 aromatic rings. The summed E-state index contributed by atoms with van der Waals surface area (Å²) in [5.74, 6) is 1.00. The van der Waals surface area contributed by atoms with Crippen LogP contribution in [0, 0.1) is 24.0 Å². The number of nitrogens with zero attached hydrogens (tertiary/aromatic N) is 5. The summed E-state index contributed by atoms with van der Waals surface area (Å²) >= 11 is 0. The molecule has 1 heterocycles. The second kappa shape index (κ2) is 5.70. The molecule has 1 aromatic heterocycles. The van der Waals surface area contributed by atoms with E-state index in [2.05, 4.69) is 15.0 Å². The first kappa shape index (κ1) is 14.6. The second-order valence-electron chi connectivity index (χ2n) is 4.69. The van der Waals surface area contributed by atoms with Gasteiger partial charge in [-0.15, -0.1) is 0 Å². The van der Waals surface area contributed by atoms with Crippen LogP contribution in [0.3, 0.4) is 0 Å². The molecule has 0 saturated carbocycles. The summed E-state index contributed by atoms with van der Waals surface area (Å²) in [6.07, 6.45) is 0. The van der Waals surface area contributed by atoms with Gasteiger partial charge in [-0.3, -0.25) is 10.1 Å². The number of anilines is 1. The fourth-order valence-electron chi connectivity index (χ4n) is 1.64. The predicted octanol–water partition coefficient (Wildman–Crippen LogP) is 2.25. The van der Waals surface area contributed by atoms with E-state index in [1.54, 1.807) is 38.1 Å². The van der Waals surface area contributed by atoms with Crippen molar-refractivity contribution in [3.8, 4) is 11.8 Å². The van der Waals surface area contributed by atoms with Gasteiger partial charge in [0.05, 0.1) is 4.92 Å². The highest BCUT2D eigenvalue weighted by atomic mass is 16.6. The van der Waals surface area contributed by atoms with E-state index in [0.717, 1.165) is 5.56 Å². The maximum atomic E-state index is 11.0. The zero-order valence-corrected chi connectivity index (χ0v) is 12.2. The molecule has 0 saturated heterocycles. The Hall–Kier alpha value is -2.77. The van der Waals surface area contributed by atoms with E-state index in [1.165, 1.54) is 6.07 Å². The number of hydrogen-bond acceptors (Lipinski definition) is 7. The van der Waals surface area contributed by atoms with E-state index >= 15 is 0 Å². The monoisotopic (exact) mass is 289 g/mol. The van der Waals surface area contributed by atoms with Gasteiger partial charge in [0, 0.05) is 20.2 Å². The Morgan fingerprint density at radius 1 is 1.19 bits per heavy atom. The highest BCUT2D eigenvalue weighted by Gasteiger charge is 2.17. The first-order valence-electron chi connectivity index (χ1n) is 6.19. The van der Waals surface area contributed by atoms with E-state index in [4.69, 9.17) is 4.74 Å². The van der Waals surface area contributed by atoms with Crippen molar-refractivity contribution >= 4 is 11.6 Å². The first-order chi connectivity index (χ1) is 9.86. The number of nitro benzene ring substituents is 1. The lowest BCUT2D eigenvalue weighted by molar-refractivity contribution is -0.385. The van der Waals surface area contributed by atoms with E-state index in [-0.39, 0.29) is 17.4 Å². The van der Waals surface area contributed by atoms with Crippen molar-refractivity contribution < 1.29 is 9.66 Å². The number of hydrogen-bond donors (Lipinski definition) is 0. The third-order valence-electron chi connectivity index (χ3n) is 2.63. The Balaban J connectivity index is 2.42. The molecular weight excluding hydrogens is 274 g/mol. The summed E-state index contributed by atoms with van der Waals surface area (Å²) in [6.45, 7) is 3.52. The highest BCUT2D eigenvalue weighted by Crippen LogP contribution is 2.31. The molecule has 2 rings (SSSR count). The largest absolute Gasteiger partial charge is 0.417 e. The molecule has 0 atom stereocenters. The summed E-state index contributed by atoms with van der Waals surface area (Å²) in [4.78, 5) is 24.5. The molecule has 8 heteroatoms. The molecule has 0 bridgehead atoms. The summed E-state index contributed by atoms with van der Waals surface area (Å²) in [5, 5.41) is 11.0. The average molecular weight is 289 g/mol. The number of nitro groups is 1. The van der Waals surface area contributed by atoms with Gasteiger partial charge in [-0.2, -0.15) is 15.0 Å². The molecule has 0 aliphatic rings. The van der Waals surface area contributed by atoms with E-state index in [1.807, 2.05) is 6.92 Å². The van der Waals surface area contributed by atoms with Crippen molar-refractivity contribution in [2.75, 3.05) is 19.0 Å². The Morgan fingerprint density at radius 3 is 2.52 bits per heavy atom. The fraction of sp³-hybridized carbons (Fsp3) is 0.308. The molecule has 0 N–H and O–H groups in total. The maximum Gasteiger partial charge on any atom is 0.327 e. The molecule has 0 aliphatic heterocycles. The molecule has 0 aliphatic carbocycles. The summed E-state index contributed by atoms with van der Waals surface area (Å²) in [5.41, 5.74) is 0.708. The third-order valence-corrected chi connectivity index (χ3v) is 2.63. The lowest BCUT2D eigenvalue weighted by Crippen LogP contribution is -2.14. The minimum atomic E-state index is -0.504. The quantitative estimate of drug-likeness (QED) is 0.629. The van der Waals surface area contributed by atoms with E-state index in [0.29, 0.717) is 11.8 Å².